The number of rotatable bonds is 5. The lowest BCUT2D eigenvalue weighted by Gasteiger charge is -2.04. The van der Waals surface area contributed by atoms with Crippen LogP contribution in [0.2, 0.25) is 0 Å². The van der Waals surface area contributed by atoms with Gasteiger partial charge in [-0.3, -0.25) is 15.1 Å². The fourth-order valence-electron chi connectivity index (χ4n) is 2.33. The van der Waals surface area contributed by atoms with Crippen LogP contribution >= 0.6 is 0 Å². The number of nitrogens with zero attached hydrogens (tertiary/aromatic N) is 3. The van der Waals surface area contributed by atoms with E-state index in [9.17, 15) is 10.1 Å². The second kappa shape index (κ2) is 6.87. The summed E-state index contributed by atoms with van der Waals surface area (Å²) < 4.78 is 5.30. The third-order valence-corrected chi connectivity index (χ3v) is 3.43. The van der Waals surface area contributed by atoms with Gasteiger partial charge in [0.1, 0.15) is 11.4 Å². The molecule has 0 radical (unpaired) electrons. The van der Waals surface area contributed by atoms with Crippen molar-refractivity contribution < 1.29 is 9.66 Å². The standard InChI is InChI=1S/C18H15N3O3/c1-2-24-15-6-8-17(18(11-15)21(22)23)20-12-13-5-7-16-14(10-13)4-3-9-19-16/h3-12H,2H2,1H3. The number of nitro benzene ring substituents is 1. The summed E-state index contributed by atoms with van der Waals surface area (Å²) in [7, 11) is 0. The van der Waals surface area contributed by atoms with E-state index in [4.69, 9.17) is 4.74 Å². The van der Waals surface area contributed by atoms with E-state index in [2.05, 4.69) is 9.98 Å². The van der Waals surface area contributed by atoms with Crippen LogP contribution in [0, 0.1) is 10.1 Å². The molecule has 1 aromatic heterocycles. The summed E-state index contributed by atoms with van der Waals surface area (Å²) in [6, 6.07) is 14.2. The number of ether oxygens (including phenoxy) is 1. The number of hydrogen-bond acceptors (Lipinski definition) is 5. The van der Waals surface area contributed by atoms with Gasteiger partial charge in [0.15, 0.2) is 0 Å². The number of benzene rings is 2. The van der Waals surface area contributed by atoms with Gasteiger partial charge >= 0.3 is 0 Å². The zero-order valence-corrected chi connectivity index (χ0v) is 13.0. The zero-order chi connectivity index (χ0) is 16.9. The minimum Gasteiger partial charge on any atom is -0.494 e. The molecule has 6 nitrogen and oxygen atoms in total. The molecule has 1 heterocycles. The number of aromatic nitrogens is 1. The minimum absolute atomic E-state index is 0.0837. The summed E-state index contributed by atoms with van der Waals surface area (Å²) in [5.74, 6) is 0.458. The number of hydrogen-bond donors (Lipinski definition) is 0. The average Bonchev–Trinajstić information content (AvgIpc) is 2.60. The third kappa shape index (κ3) is 3.38. The normalized spacial score (nSPS) is 11.0. The second-order valence-electron chi connectivity index (χ2n) is 5.05. The molecule has 3 aromatic rings. The first-order valence-corrected chi connectivity index (χ1v) is 7.47. The minimum atomic E-state index is -0.459. The van der Waals surface area contributed by atoms with Gasteiger partial charge in [-0.2, -0.15) is 0 Å². The van der Waals surface area contributed by atoms with Crippen molar-refractivity contribution in [1.82, 2.24) is 4.98 Å². The van der Waals surface area contributed by atoms with E-state index in [1.54, 1.807) is 24.5 Å². The molecule has 0 saturated carbocycles. The number of fused-ring (bicyclic) bond motifs is 1. The van der Waals surface area contributed by atoms with Crippen molar-refractivity contribution in [1.29, 1.82) is 0 Å². The van der Waals surface area contributed by atoms with Crippen molar-refractivity contribution >= 4 is 28.5 Å². The molecule has 120 valence electrons. The van der Waals surface area contributed by atoms with Crippen LogP contribution in [0.5, 0.6) is 5.75 Å². The lowest BCUT2D eigenvalue weighted by Crippen LogP contribution is -1.94. The van der Waals surface area contributed by atoms with Crippen molar-refractivity contribution in [3.05, 3.63) is 70.4 Å². The van der Waals surface area contributed by atoms with Gasteiger partial charge in [-0.15, -0.1) is 0 Å². The molecule has 0 aliphatic rings. The molecule has 0 atom stereocenters. The van der Waals surface area contributed by atoms with E-state index in [1.807, 2.05) is 37.3 Å². The summed E-state index contributed by atoms with van der Waals surface area (Å²) in [5.41, 5.74) is 1.94. The lowest BCUT2D eigenvalue weighted by molar-refractivity contribution is -0.384. The molecule has 0 N–H and O–H groups in total. The summed E-state index contributed by atoms with van der Waals surface area (Å²) in [6.07, 6.45) is 3.34. The van der Waals surface area contributed by atoms with Gasteiger partial charge in [-0.1, -0.05) is 12.1 Å². The maximum Gasteiger partial charge on any atom is 0.298 e. The van der Waals surface area contributed by atoms with Crippen LogP contribution < -0.4 is 4.74 Å². The Bertz CT molecular complexity index is 922. The zero-order valence-electron chi connectivity index (χ0n) is 13.0. The molecule has 3 rings (SSSR count). The van der Waals surface area contributed by atoms with Crippen molar-refractivity contribution in [3.8, 4) is 5.75 Å². The second-order valence-corrected chi connectivity index (χ2v) is 5.05. The SMILES string of the molecule is CCOc1ccc(N=Cc2ccc3ncccc3c2)c([N+](=O)[O-])c1. The molecule has 0 unspecified atom stereocenters. The van der Waals surface area contributed by atoms with E-state index in [-0.39, 0.29) is 11.4 Å². The molecule has 0 bridgehead atoms. The predicted molar refractivity (Wildman–Crippen MR) is 93.3 cm³/mol. The Hall–Kier alpha value is -3.28. The third-order valence-electron chi connectivity index (χ3n) is 3.43. The largest absolute Gasteiger partial charge is 0.494 e. The summed E-state index contributed by atoms with van der Waals surface area (Å²) in [5, 5.41) is 12.2. The highest BCUT2D eigenvalue weighted by atomic mass is 16.6. The Morgan fingerprint density at radius 1 is 1.25 bits per heavy atom. The van der Waals surface area contributed by atoms with Crippen LogP contribution in [0.25, 0.3) is 10.9 Å². The molecule has 0 amide bonds. The molecule has 0 spiro atoms. The Labute approximate surface area is 138 Å². The van der Waals surface area contributed by atoms with Crippen molar-refractivity contribution in [2.24, 2.45) is 4.99 Å². The van der Waals surface area contributed by atoms with Crippen molar-refractivity contribution in [2.45, 2.75) is 6.92 Å². The van der Waals surface area contributed by atoms with Crippen LogP contribution in [0.4, 0.5) is 11.4 Å². The van der Waals surface area contributed by atoms with Crippen LogP contribution in [-0.4, -0.2) is 22.7 Å². The van der Waals surface area contributed by atoms with Crippen LogP contribution in [0.1, 0.15) is 12.5 Å². The van der Waals surface area contributed by atoms with Gasteiger partial charge < -0.3 is 4.74 Å². The highest BCUT2D eigenvalue weighted by Gasteiger charge is 2.14. The summed E-state index contributed by atoms with van der Waals surface area (Å²) in [6.45, 7) is 2.28. The summed E-state index contributed by atoms with van der Waals surface area (Å²) >= 11 is 0. The van der Waals surface area contributed by atoms with Crippen molar-refractivity contribution in [3.63, 3.8) is 0 Å². The number of pyridine rings is 1. The Morgan fingerprint density at radius 3 is 2.92 bits per heavy atom. The predicted octanol–water partition coefficient (Wildman–Crippen LogP) is 4.29. The van der Waals surface area contributed by atoms with Gasteiger partial charge in [0.05, 0.1) is 23.1 Å². The van der Waals surface area contributed by atoms with E-state index in [0.29, 0.717) is 12.4 Å². The molecule has 0 fully saturated rings. The van der Waals surface area contributed by atoms with E-state index in [0.717, 1.165) is 16.5 Å². The van der Waals surface area contributed by atoms with Crippen LogP contribution in [0.15, 0.2) is 59.7 Å². The highest BCUT2D eigenvalue weighted by molar-refractivity contribution is 5.90. The Balaban J connectivity index is 1.93. The van der Waals surface area contributed by atoms with Crippen LogP contribution in [-0.2, 0) is 0 Å². The summed E-state index contributed by atoms with van der Waals surface area (Å²) in [4.78, 5) is 19.3. The number of aliphatic imine (C=N–C) groups is 1. The first-order valence-electron chi connectivity index (χ1n) is 7.47. The van der Waals surface area contributed by atoms with Gasteiger partial charge in [-0.05, 0) is 42.8 Å². The monoisotopic (exact) mass is 321 g/mol. The highest BCUT2D eigenvalue weighted by Crippen LogP contribution is 2.31. The molecule has 0 aliphatic carbocycles. The van der Waals surface area contributed by atoms with Crippen LogP contribution in [0.3, 0.4) is 0 Å². The first kappa shape index (κ1) is 15.6. The van der Waals surface area contributed by atoms with Gasteiger partial charge in [0.2, 0.25) is 0 Å². The molecular weight excluding hydrogens is 306 g/mol. The Kier molecular flexibility index (Phi) is 4.47. The molecular formula is C18H15N3O3. The number of nitro groups is 1. The topological polar surface area (TPSA) is 77.6 Å². The fraction of sp³-hybridized carbons (Fsp3) is 0.111. The van der Waals surface area contributed by atoms with Gasteiger partial charge in [0, 0.05) is 17.8 Å². The average molecular weight is 321 g/mol. The first-order chi connectivity index (χ1) is 11.7. The molecule has 6 heteroatoms. The van der Waals surface area contributed by atoms with E-state index >= 15 is 0 Å². The van der Waals surface area contributed by atoms with E-state index in [1.165, 1.54) is 6.07 Å². The molecule has 0 saturated heterocycles. The fourth-order valence-corrected chi connectivity index (χ4v) is 2.33. The van der Waals surface area contributed by atoms with E-state index < -0.39 is 4.92 Å². The van der Waals surface area contributed by atoms with Gasteiger partial charge in [-0.25, -0.2) is 4.99 Å². The maximum absolute atomic E-state index is 11.2. The molecule has 24 heavy (non-hydrogen) atoms. The van der Waals surface area contributed by atoms with Crippen molar-refractivity contribution in [2.75, 3.05) is 6.61 Å². The smallest absolute Gasteiger partial charge is 0.298 e. The Morgan fingerprint density at radius 2 is 2.12 bits per heavy atom. The lowest BCUT2D eigenvalue weighted by atomic mass is 10.1. The maximum atomic E-state index is 11.2. The van der Waals surface area contributed by atoms with Gasteiger partial charge in [0.25, 0.3) is 5.69 Å². The molecule has 0 aliphatic heterocycles. The quantitative estimate of drug-likeness (QED) is 0.399. The molecule has 2 aromatic carbocycles.